The van der Waals surface area contributed by atoms with Crippen LogP contribution in [-0.4, -0.2) is 22.6 Å². The van der Waals surface area contributed by atoms with Crippen LogP contribution in [0, 0.1) is 0 Å². The molecule has 126 valence electrons. The van der Waals surface area contributed by atoms with Crippen LogP contribution in [-0.2, 0) is 9.59 Å². The second-order valence-electron chi connectivity index (χ2n) is 5.42. The van der Waals surface area contributed by atoms with Gasteiger partial charge in [0.2, 0.25) is 5.91 Å². The highest BCUT2D eigenvalue weighted by Gasteiger charge is 2.13. The van der Waals surface area contributed by atoms with Crippen molar-refractivity contribution in [2.24, 2.45) is 0 Å². The Hall–Kier alpha value is -3.06. The van der Waals surface area contributed by atoms with Crippen molar-refractivity contribution in [3.05, 3.63) is 54.1 Å². The molecular weight excluding hydrogens is 338 g/mol. The number of nitrogens with one attached hydrogen (secondary N) is 2. The van der Waals surface area contributed by atoms with Gasteiger partial charge in [-0.1, -0.05) is 35.6 Å². The first kappa shape index (κ1) is 16.8. The lowest BCUT2D eigenvalue weighted by Gasteiger charge is -2.05. The number of ketones is 1. The van der Waals surface area contributed by atoms with E-state index < -0.39 is 5.91 Å². The van der Waals surface area contributed by atoms with Crippen LogP contribution in [0.15, 0.2) is 48.5 Å². The number of carbonyl (C=O) groups is 3. The minimum Gasteiger partial charge on any atom is -0.321 e. The summed E-state index contributed by atoms with van der Waals surface area (Å²) in [4.78, 5) is 39.4. The summed E-state index contributed by atoms with van der Waals surface area (Å²) in [5.74, 6) is -0.834. The van der Waals surface area contributed by atoms with E-state index in [4.69, 9.17) is 0 Å². The summed E-state index contributed by atoms with van der Waals surface area (Å²) in [7, 11) is 0. The van der Waals surface area contributed by atoms with Crippen LogP contribution in [0.2, 0.25) is 0 Å². The number of hydrogen-bond acceptors (Lipinski definition) is 5. The summed E-state index contributed by atoms with van der Waals surface area (Å²) in [5.41, 5.74) is 1.84. The van der Waals surface area contributed by atoms with Crippen LogP contribution in [0.5, 0.6) is 0 Å². The van der Waals surface area contributed by atoms with Gasteiger partial charge in [-0.15, -0.1) is 0 Å². The highest BCUT2D eigenvalue weighted by Crippen LogP contribution is 2.32. The maximum atomic E-state index is 12.3. The summed E-state index contributed by atoms with van der Waals surface area (Å²) in [6.45, 7) is 1.36. The highest BCUT2D eigenvalue weighted by atomic mass is 32.1. The molecule has 0 spiro atoms. The number of rotatable bonds is 5. The van der Waals surface area contributed by atoms with Crippen LogP contribution < -0.4 is 10.6 Å². The Morgan fingerprint density at radius 3 is 2.48 bits per heavy atom. The molecule has 0 fully saturated rings. The number of Topliss-reactive ketones (excluding diaryl/α,β-unsaturated/α-hetero) is 1. The van der Waals surface area contributed by atoms with Gasteiger partial charge in [0.1, 0.15) is 5.78 Å². The maximum Gasteiger partial charge on any atom is 0.255 e. The molecule has 0 aliphatic rings. The maximum absolute atomic E-state index is 12.3. The zero-order chi connectivity index (χ0) is 17.8. The Morgan fingerprint density at radius 1 is 1.00 bits per heavy atom. The molecule has 0 saturated heterocycles. The number of benzene rings is 2. The molecule has 0 aliphatic carbocycles. The molecule has 0 unspecified atom stereocenters. The van der Waals surface area contributed by atoms with E-state index in [1.165, 1.54) is 18.3 Å². The number of hydrogen-bond donors (Lipinski definition) is 2. The number of amides is 2. The molecular formula is C18H15N3O3S. The van der Waals surface area contributed by atoms with Crippen LogP contribution in [0.3, 0.4) is 0 Å². The topological polar surface area (TPSA) is 88.2 Å². The van der Waals surface area contributed by atoms with E-state index in [2.05, 4.69) is 15.6 Å². The molecule has 2 amide bonds. The zero-order valence-corrected chi connectivity index (χ0v) is 14.2. The number of anilines is 2. The molecule has 3 rings (SSSR count). The van der Waals surface area contributed by atoms with Gasteiger partial charge in [-0.3, -0.25) is 14.4 Å². The first-order valence-electron chi connectivity index (χ1n) is 7.58. The lowest BCUT2D eigenvalue weighted by Crippen LogP contribution is -2.14. The lowest BCUT2D eigenvalue weighted by molar-refractivity contribution is -0.124. The van der Waals surface area contributed by atoms with Gasteiger partial charge in [-0.05, 0) is 31.2 Å². The van der Waals surface area contributed by atoms with Crippen molar-refractivity contribution in [1.82, 2.24) is 4.98 Å². The molecule has 1 aromatic heterocycles. The highest BCUT2D eigenvalue weighted by molar-refractivity contribution is 7.23. The van der Waals surface area contributed by atoms with Crippen molar-refractivity contribution in [3.63, 3.8) is 0 Å². The van der Waals surface area contributed by atoms with E-state index >= 15 is 0 Å². The third-order valence-electron chi connectivity index (χ3n) is 3.36. The zero-order valence-electron chi connectivity index (χ0n) is 13.4. The largest absolute Gasteiger partial charge is 0.321 e. The predicted molar refractivity (Wildman–Crippen MR) is 97.9 cm³/mol. The average molecular weight is 353 g/mol. The molecule has 3 aromatic rings. The molecule has 0 atom stereocenters. The van der Waals surface area contributed by atoms with Crippen LogP contribution in [0.1, 0.15) is 23.7 Å². The van der Waals surface area contributed by atoms with Crippen LogP contribution >= 0.6 is 11.3 Å². The molecule has 0 bridgehead atoms. The fourth-order valence-corrected chi connectivity index (χ4v) is 3.22. The van der Waals surface area contributed by atoms with Crippen molar-refractivity contribution in [2.45, 2.75) is 13.3 Å². The minimum atomic E-state index is -0.401. The third-order valence-corrected chi connectivity index (χ3v) is 4.37. The first-order chi connectivity index (χ1) is 12.0. The normalized spacial score (nSPS) is 10.4. The number of carbonyl (C=O) groups excluding carboxylic acids is 3. The van der Waals surface area contributed by atoms with E-state index in [9.17, 15) is 14.4 Å². The van der Waals surface area contributed by atoms with Gasteiger partial charge >= 0.3 is 0 Å². The summed E-state index contributed by atoms with van der Waals surface area (Å²) >= 11 is 1.25. The van der Waals surface area contributed by atoms with Gasteiger partial charge in [-0.2, -0.15) is 0 Å². The second kappa shape index (κ2) is 7.23. The Labute approximate surface area is 147 Å². The lowest BCUT2D eigenvalue weighted by atomic mass is 10.2. The predicted octanol–water partition coefficient (Wildman–Crippen LogP) is 3.47. The van der Waals surface area contributed by atoms with Gasteiger partial charge < -0.3 is 10.6 Å². The molecule has 0 radical (unpaired) electrons. The first-order valence-corrected chi connectivity index (χ1v) is 8.40. The molecule has 1 heterocycles. The smallest absolute Gasteiger partial charge is 0.255 e. The number of aromatic nitrogens is 1. The fourth-order valence-electron chi connectivity index (χ4n) is 2.27. The Bertz CT molecular complexity index is 951. The van der Waals surface area contributed by atoms with Crippen molar-refractivity contribution >= 4 is 50.0 Å². The van der Waals surface area contributed by atoms with Gasteiger partial charge in [0, 0.05) is 5.56 Å². The fraction of sp³-hybridized carbons (Fsp3) is 0.111. The standard InChI is InChI=1S/C18H15N3O3S/c1-11(22)10-15(23)21-18-20-14-9-5-8-13(16(14)25-18)19-17(24)12-6-3-2-4-7-12/h2-9H,10H2,1H3,(H,19,24)(H,20,21,23). The van der Waals surface area contributed by atoms with Crippen molar-refractivity contribution in [2.75, 3.05) is 10.6 Å². The van der Waals surface area contributed by atoms with Crippen molar-refractivity contribution < 1.29 is 14.4 Å². The molecule has 0 aliphatic heterocycles. The van der Waals surface area contributed by atoms with E-state index in [0.717, 1.165) is 4.70 Å². The van der Waals surface area contributed by atoms with E-state index in [1.54, 1.807) is 42.5 Å². The van der Waals surface area contributed by atoms with E-state index in [1.807, 2.05) is 6.07 Å². The van der Waals surface area contributed by atoms with Crippen LogP contribution in [0.4, 0.5) is 10.8 Å². The Kier molecular flexibility index (Phi) is 4.85. The second-order valence-corrected chi connectivity index (χ2v) is 6.42. The monoisotopic (exact) mass is 353 g/mol. The third kappa shape index (κ3) is 4.07. The number of thiazole rings is 1. The summed E-state index contributed by atoms with van der Waals surface area (Å²) in [5, 5.41) is 5.87. The van der Waals surface area contributed by atoms with Gasteiger partial charge in [0.15, 0.2) is 5.13 Å². The Morgan fingerprint density at radius 2 is 1.76 bits per heavy atom. The number of fused-ring (bicyclic) bond motifs is 1. The summed E-state index contributed by atoms with van der Waals surface area (Å²) < 4.78 is 0.755. The van der Waals surface area contributed by atoms with E-state index in [0.29, 0.717) is 21.9 Å². The van der Waals surface area contributed by atoms with Crippen molar-refractivity contribution in [3.8, 4) is 0 Å². The molecule has 25 heavy (non-hydrogen) atoms. The van der Waals surface area contributed by atoms with Crippen molar-refractivity contribution in [1.29, 1.82) is 0 Å². The van der Waals surface area contributed by atoms with Gasteiger partial charge in [-0.25, -0.2) is 4.98 Å². The quantitative estimate of drug-likeness (QED) is 0.688. The molecule has 2 aromatic carbocycles. The summed E-state index contributed by atoms with van der Waals surface area (Å²) in [6.07, 6.45) is -0.187. The molecule has 7 heteroatoms. The SMILES string of the molecule is CC(=O)CC(=O)Nc1nc2cccc(NC(=O)c3ccccc3)c2s1. The van der Waals surface area contributed by atoms with E-state index in [-0.39, 0.29) is 18.1 Å². The van der Waals surface area contributed by atoms with Crippen LogP contribution in [0.25, 0.3) is 10.2 Å². The number of nitrogens with zero attached hydrogens (tertiary/aromatic N) is 1. The Balaban J connectivity index is 1.83. The van der Waals surface area contributed by atoms with Gasteiger partial charge in [0.05, 0.1) is 22.3 Å². The summed E-state index contributed by atoms with van der Waals surface area (Å²) in [6, 6.07) is 14.3. The minimum absolute atomic E-state index is 0.187. The van der Waals surface area contributed by atoms with Gasteiger partial charge in [0.25, 0.3) is 5.91 Å². The molecule has 0 saturated carbocycles. The molecule has 6 nitrogen and oxygen atoms in total. The average Bonchev–Trinajstić information content (AvgIpc) is 2.98. The molecule has 2 N–H and O–H groups in total.